The molecular formula is C16H29N5O3. The second-order valence-corrected chi connectivity index (χ2v) is 6.24. The highest BCUT2D eigenvalue weighted by molar-refractivity contribution is 5.81. The highest BCUT2D eigenvalue weighted by Crippen LogP contribution is 2.20. The van der Waals surface area contributed by atoms with Crippen LogP contribution in [0.25, 0.3) is 0 Å². The Morgan fingerprint density at radius 2 is 1.96 bits per heavy atom. The quantitative estimate of drug-likeness (QED) is 0.694. The summed E-state index contributed by atoms with van der Waals surface area (Å²) in [5.41, 5.74) is 0. The van der Waals surface area contributed by atoms with Crippen LogP contribution in [0.15, 0.2) is 4.52 Å². The number of piperazine rings is 1. The number of carbonyl (C=O) groups is 1. The van der Waals surface area contributed by atoms with E-state index >= 15 is 0 Å². The molecule has 2 atom stereocenters. The summed E-state index contributed by atoms with van der Waals surface area (Å²) in [5.74, 6) is 1.40. The van der Waals surface area contributed by atoms with Crippen LogP contribution < -0.4 is 5.32 Å². The second kappa shape index (κ2) is 9.10. The van der Waals surface area contributed by atoms with Crippen molar-refractivity contribution in [1.29, 1.82) is 0 Å². The fourth-order valence-corrected chi connectivity index (χ4v) is 2.89. The van der Waals surface area contributed by atoms with Crippen molar-refractivity contribution in [3.63, 3.8) is 0 Å². The lowest BCUT2D eigenvalue weighted by atomic mass is 10.2. The topological polar surface area (TPSA) is 83.7 Å². The molecule has 0 radical (unpaired) electrons. The average Bonchev–Trinajstić information content (AvgIpc) is 3.04. The second-order valence-electron chi connectivity index (χ2n) is 6.24. The highest BCUT2D eigenvalue weighted by Gasteiger charge is 2.29. The van der Waals surface area contributed by atoms with Crippen molar-refractivity contribution in [3.8, 4) is 0 Å². The predicted molar refractivity (Wildman–Crippen MR) is 89.6 cm³/mol. The Morgan fingerprint density at radius 3 is 2.54 bits per heavy atom. The van der Waals surface area contributed by atoms with Crippen LogP contribution in [-0.2, 0) is 9.53 Å². The molecular weight excluding hydrogens is 310 g/mol. The summed E-state index contributed by atoms with van der Waals surface area (Å²) >= 11 is 0. The van der Waals surface area contributed by atoms with Crippen molar-refractivity contribution in [3.05, 3.63) is 11.7 Å². The van der Waals surface area contributed by atoms with Gasteiger partial charge in [-0.25, -0.2) is 0 Å². The number of hydrogen-bond donors (Lipinski definition) is 1. The first kappa shape index (κ1) is 18.8. The zero-order chi connectivity index (χ0) is 17.5. The van der Waals surface area contributed by atoms with E-state index in [1.54, 1.807) is 7.11 Å². The Kier molecular flexibility index (Phi) is 7.14. The summed E-state index contributed by atoms with van der Waals surface area (Å²) in [6.07, 6.45) is 0.837. The first-order chi connectivity index (χ1) is 11.5. The molecule has 1 saturated heterocycles. The number of ether oxygens (including phenoxy) is 1. The van der Waals surface area contributed by atoms with Crippen molar-refractivity contribution < 1.29 is 14.1 Å². The molecule has 2 rings (SSSR count). The van der Waals surface area contributed by atoms with Crippen LogP contribution in [0.3, 0.4) is 0 Å². The standard InChI is InChI=1S/C16H29N5O3/c1-12(15(22)17-6-5-11-23-4)20-7-9-21(10-8-20)13(2)16-18-14(3)19-24-16/h12-13H,5-11H2,1-4H3,(H,17,22)/t12-,13-/m0/s1. The van der Waals surface area contributed by atoms with Crippen LogP contribution in [0.2, 0.25) is 0 Å². The molecule has 8 heteroatoms. The molecule has 1 amide bonds. The molecule has 0 spiro atoms. The largest absolute Gasteiger partial charge is 0.385 e. The van der Waals surface area contributed by atoms with E-state index in [0.29, 0.717) is 24.9 Å². The number of amides is 1. The Bertz CT molecular complexity index is 514. The van der Waals surface area contributed by atoms with Gasteiger partial charge in [0.15, 0.2) is 5.82 Å². The molecule has 2 heterocycles. The number of carbonyl (C=O) groups excluding carboxylic acids is 1. The zero-order valence-electron chi connectivity index (χ0n) is 15.1. The number of rotatable bonds is 8. The molecule has 8 nitrogen and oxygen atoms in total. The minimum Gasteiger partial charge on any atom is -0.385 e. The lowest BCUT2D eigenvalue weighted by Crippen LogP contribution is -2.54. The van der Waals surface area contributed by atoms with Crippen LogP contribution in [0.4, 0.5) is 0 Å². The van der Waals surface area contributed by atoms with Crippen LogP contribution in [0, 0.1) is 6.92 Å². The number of nitrogens with zero attached hydrogens (tertiary/aromatic N) is 4. The van der Waals surface area contributed by atoms with Crippen LogP contribution >= 0.6 is 0 Å². The van der Waals surface area contributed by atoms with Gasteiger partial charge in [0.05, 0.1) is 12.1 Å². The average molecular weight is 339 g/mol. The van der Waals surface area contributed by atoms with E-state index in [2.05, 4.69) is 32.2 Å². The third-order valence-electron chi connectivity index (χ3n) is 4.55. The van der Waals surface area contributed by atoms with Gasteiger partial charge in [-0.2, -0.15) is 4.98 Å². The van der Waals surface area contributed by atoms with Crippen LogP contribution in [0.5, 0.6) is 0 Å². The van der Waals surface area contributed by atoms with E-state index < -0.39 is 0 Å². The number of hydrogen-bond acceptors (Lipinski definition) is 7. The molecule has 1 aliphatic rings. The minimum absolute atomic E-state index is 0.0835. The van der Waals surface area contributed by atoms with Gasteiger partial charge in [0.2, 0.25) is 11.8 Å². The van der Waals surface area contributed by atoms with Crippen molar-refractivity contribution in [2.45, 2.75) is 39.3 Å². The SMILES string of the molecule is COCCCNC(=O)[C@H](C)N1CCN([C@@H](C)c2nc(C)no2)CC1. The molecule has 24 heavy (non-hydrogen) atoms. The Balaban J connectivity index is 1.76. The van der Waals surface area contributed by atoms with Crippen molar-refractivity contribution in [1.82, 2.24) is 25.3 Å². The fourth-order valence-electron chi connectivity index (χ4n) is 2.89. The minimum atomic E-state index is -0.115. The summed E-state index contributed by atoms with van der Waals surface area (Å²) in [6, 6.07) is -0.0119. The number of nitrogens with one attached hydrogen (secondary N) is 1. The molecule has 0 saturated carbocycles. The van der Waals surface area contributed by atoms with Crippen molar-refractivity contribution >= 4 is 5.91 Å². The van der Waals surface area contributed by atoms with Crippen LogP contribution in [0.1, 0.15) is 38.0 Å². The monoisotopic (exact) mass is 339 g/mol. The van der Waals surface area contributed by atoms with Gasteiger partial charge in [0.1, 0.15) is 0 Å². The van der Waals surface area contributed by atoms with E-state index in [1.807, 2.05) is 13.8 Å². The number of aryl methyl sites for hydroxylation is 1. The van der Waals surface area contributed by atoms with Gasteiger partial charge in [-0.15, -0.1) is 0 Å². The van der Waals surface area contributed by atoms with E-state index in [9.17, 15) is 4.79 Å². The molecule has 0 aromatic carbocycles. The van der Waals surface area contributed by atoms with Crippen LogP contribution in [-0.4, -0.2) is 78.3 Å². The van der Waals surface area contributed by atoms with Crippen molar-refractivity contribution in [2.75, 3.05) is 46.4 Å². The predicted octanol–water partition coefficient (Wildman–Crippen LogP) is 0.598. The lowest BCUT2D eigenvalue weighted by molar-refractivity contribution is -0.126. The summed E-state index contributed by atoms with van der Waals surface area (Å²) in [4.78, 5) is 21.0. The summed E-state index contributed by atoms with van der Waals surface area (Å²) < 4.78 is 10.3. The Hall–Kier alpha value is -1.51. The van der Waals surface area contributed by atoms with E-state index in [-0.39, 0.29) is 18.0 Å². The third-order valence-corrected chi connectivity index (χ3v) is 4.55. The summed E-state index contributed by atoms with van der Waals surface area (Å²) in [5, 5.41) is 6.83. The van der Waals surface area contributed by atoms with Gasteiger partial charge in [-0.3, -0.25) is 14.6 Å². The molecule has 0 aliphatic carbocycles. The van der Waals surface area contributed by atoms with E-state index in [4.69, 9.17) is 9.26 Å². The van der Waals surface area contributed by atoms with E-state index in [1.165, 1.54) is 0 Å². The zero-order valence-corrected chi connectivity index (χ0v) is 15.1. The molecule has 0 unspecified atom stereocenters. The highest BCUT2D eigenvalue weighted by atomic mass is 16.5. The van der Waals surface area contributed by atoms with Gasteiger partial charge in [-0.05, 0) is 27.2 Å². The van der Waals surface area contributed by atoms with Gasteiger partial charge in [-0.1, -0.05) is 5.16 Å². The molecule has 1 N–H and O–H groups in total. The number of aromatic nitrogens is 2. The Labute approximate surface area is 143 Å². The smallest absolute Gasteiger partial charge is 0.243 e. The molecule has 1 aromatic heterocycles. The summed E-state index contributed by atoms with van der Waals surface area (Å²) in [6.45, 7) is 10.7. The van der Waals surface area contributed by atoms with Gasteiger partial charge in [0, 0.05) is 46.4 Å². The maximum absolute atomic E-state index is 12.2. The number of methoxy groups -OCH3 is 1. The van der Waals surface area contributed by atoms with Gasteiger partial charge < -0.3 is 14.6 Å². The molecule has 1 aliphatic heterocycles. The maximum Gasteiger partial charge on any atom is 0.243 e. The molecule has 0 bridgehead atoms. The molecule has 136 valence electrons. The van der Waals surface area contributed by atoms with E-state index in [0.717, 1.165) is 32.6 Å². The fraction of sp³-hybridized carbons (Fsp3) is 0.812. The first-order valence-electron chi connectivity index (χ1n) is 8.58. The normalized spacial score (nSPS) is 19.2. The first-order valence-corrected chi connectivity index (χ1v) is 8.58. The Morgan fingerprint density at radius 1 is 1.29 bits per heavy atom. The van der Waals surface area contributed by atoms with Crippen molar-refractivity contribution in [2.24, 2.45) is 0 Å². The molecule has 1 fully saturated rings. The summed E-state index contributed by atoms with van der Waals surface area (Å²) in [7, 11) is 1.67. The van der Waals surface area contributed by atoms with Gasteiger partial charge >= 0.3 is 0 Å². The maximum atomic E-state index is 12.2. The third kappa shape index (κ3) is 4.99. The van der Waals surface area contributed by atoms with Gasteiger partial charge in [0.25, 0.3) is 0 Å². The lowest BCUT2D eigenvalue weighted by Gasteiger charge is -2.39. The molecule has 1 aromatic rings.